The molecule has 0 radical (unpaired) electrons. The van der Waals surface area contributed by atoms with Gasteiger partial charge in [-0.15, -0.1) is 0 Å². The number of hydrogen-bond acceptors (Lipinski definition) is 5. The zero-order valence-electron chi connectivity index (χ0n) is 11.8. The number of rotatable bonds is 5. The molecular weight excluding hydrogens is 278 g/mol. The van der Waals surface area contributed by atoms with Crippen LogP contribution in [0, 0.1) is 0 Å². The molecule has 0 fully saturated rings. The standard InChI is InChI=1S/C12H19N5O2S/c1-15(2)8-9-16(3)20(18,19)12-11(13)14-10-6-4-5-7-17(10)12/h4-7H,8-9,13H2,1-3H3. The van der Waals surface area contributed by atoms with E-state index in [1.54, 1.807) is 31.4 Å². The first-order valence-corrected chi connectivity index (χ1v) is 7.61. The largest absolute Gasteiger partial charge is 0.381 e. The SMILES string of the molecule is CN(C)CCN(C)S(=O)(=O)c1c(N)nc2ccccn12. The van der Waals surface area contributed by atoms with E-state index in [1.807, 2.05) is 19.0 Å². The van der Waals surface area contributed by atoms with Crippen LogP contribution in [0.3, 0.4) is 0 Å². The first kappa shape index (κ1) is 14.8. The molecule has 0 aliphatic heterocycles. The van der Waals surface area contributed by atoms with Crippen LogP contribution >= 0.6 is 0 Å². The average molecular weight is 297 g/mol. The number of aromatic nitrogens is 2. The monoisotopic (exact) mass is 297 g/mol. The highest BCUT2D eigenvalue weighted by Gasteiger charge is 2.28. The molecular formula is C12H19N5O2S. The average Bonchev–Trinajstić information content (AvgIpc) is 2.71. The number of imidazole rings is 1. The van der Waals surface area contributed by atoms with Crippen LogP contribution in [0.2, 0.25) is 0 Å². The van der Waals surface area contributed by atoms with Crippen molar-refractivity contribution < 1.29 is 8.42 Å². The van der Waals surface area contributed by atoms with Gasteiger partial charge in [-0.25, -0.2) is 13.4 Å². The van der Waals surface area contributed by atoms with Crippen LogP contribution in [0.5, 0.6) is 0 Å². The third-order valence-electron chi connectivity index (χ3n) is 3.03. The molecule has 7 nitrogen and oxygen atoms in total. The summed E-state index contributed by atoms with van der Waals surface area (Å²) in [5, 5.41) is 0.0226. The third-order valence-corrected chi connectivity index (χ3v) is 4.93. The molecule has 0 amide bonds. The lowest BCUT2D eigenvalue weighted by atomic mass is 10.5. The minimum atomic E-state index is -3.67. The van der Waals surface area contributed by atoms with E-state index in [4.69, 9.17) is 5.73 Å². The number of sulfonamides is 1. The fourth-order valence-electron chi connectivity index (χ4n) is 1.86. The van der Waals surface area contributed by atoms with Crippen LogP contribution in [0.4, 0.5) is 5.82 Å². The lowest BCUT2D eigenvalue weighted by Gasteiger charge is -2.19. The van der Waals surface area contributed by atoms with Gasteiger partial charge >= 0.3 is 0 Å². The third kappa shape index (κ3) is 2.62. The van der Waals surface area contributed by atoms with Gasteiger partial charge in [-0.05, 0) is 26.2 Å². The van der Waals surface area contributed by atoms with Gasteiger partial charge in [0.25, 0.3) is 10.0 Å². The molecule has 0 bridgehead atoms. The van der Waals surface area contributed by atoms with Crippen molar-refractivity contribution in [2.45, 2.75) is 5.03 Å². The molecule has 8 heteroatoms. The van der Waals surface area contributed by atoms with Gasteiger partial charge < -0.3 is 10.6 Å². The number of nitrogens with two attached hydrogens (primary N) is 1. The Labute approximate surface area is 118 Å². The van der Waals surface area contributed by atoms with Gasteiger partial charge in [0, 0.05) is 26.3 Å². The van der Waals surface area contributed by atoms with E-state index in [9.17, 15) is 8.42 Å². The number of nitrogens with zero attached hydrogens (tertiary/aromatic N) is 4. The van der Waals surface area contributed by atoms with Crippen LogP contribution < -0.4 is 5.73 Å². The first-order valence-electron chi connectivity index (χ1n) is 6.17. The summed E-state index contributed by atoms with van der Waals surface area (Å²) in [4.78, 5) is 6.00. The Balaban J connectivity index is 2.44. The maximum atomic E-state index is 12.6. The number of anilines is 1. The Morgan fingerprint density at radius 3 is 2.60 bits per heavy atom. The number of hydrogen-bond donors (Lipinski definition) is 1. The summed E-state index contributed by atoms with van der Waals surface area (Å²) >= 11 is 0. The second kappa shape index (κ2) is 5.39. The van der Waals surface area contributed by atoms with Crippen molar-refractivity contribution in [3.05, 3.63) is 24.4 Å². The minimum Gasteiger partial charge on any atom is -0.381 e. The molecule has 2 heterocycles. The van der Waals surface area contributed by atoms with Crippen molar-refractivity contribution in [3.8, 4) is 0 Å². The smallest absolute Gasteiger partial charge is 0.262 e. The highest BCUT2D eigenvalue weighted by atomic mass is 32.2. The van der Waals surface area contributed by atoms with E-state index in [-0.39, 0.29) is 10.8 Å². The molecule has 0 aromatic carbocycles. The van der Waals surface area contributed by atoms with Gasteiger partial charge in [0.05, 0.1) is 0 Å². The molecule has 0 unspecified atom stereocenters. The van der Waals surface area contributed by atoms with E-state index in [2.05, 4.69) is 4.98 Å². The van der Waals surface area contributed by atoms with Crippen LogP contribution in [-0.2, 0) is 10.0 Å². The summed E-state index contributed by atoms with van der Waals surface area (Å²) in [6.45, 7) is 1.02. The summed E-state index contributed by atoms with van der Waals surface area (Å²) in [7, 11) is 1.66. The Kier molecular flexibility index (Phi) is 3.98. The Morgan fingerprint density at radius 2 is 1.95 bits per heavy atom. The second-order valence-corrected chi connectivity index (χ2v) is 6.82. The zero-order valence-corrected chi connectivity index (χ0v) is 12.6. The van der Waals surface area contributed by atoms with Crippen LogP contribution in [0.15, 0.2) is 29.4 Å². The first-order chi connectivity index (χ1) is 9.34. The predicted octanol–water partition coefficient (Wildman–Crippen LogP) is 0.0986. The fourth-order valence-corrected chi connectivity index (χ4v) is 3.19. The lowest BCUT2D eigenvalue weighted by Crippen LogP contribution is -2.34. The molecule has 0 atom stereocenters. The molecule has 0 spiro atoms. The van der Waals surface area contributed by atoms with Gasteiger partial charge in [0.2, 0.25) is 0 Å². The van der Waals surface area contributed by atoms with Crippen LogP contribution in [0.25, 0.3) is 5.65 Å². The van der Waals surface area contributed by atoms with Gasteiger partial charge in [0.1, 0.15) is 5.65 Å². The van der Waals surface area contributed by atoms with Crippen molar-refractivity contribution in [1.82, 2.24) is 18.6 Å². The van der Waals surface area contributed by atoms with Crippen molar-refractivity contribution >= 4 is 21.5 Å². The normalized spacial score (nSPS) is 12.7. The van der Waals surface area contributed by atoms with Crippen molar-refractivity contribution in [3.63, 3.8) is 0 Å². The number of pyridine rings is 1. The summed E-state index contributed by atoms with van der Waals surface area (Å²) in [5.74, 6) is 0.0212. The maximum Gasteiger partial charge on any atom is 0.262 e. The van der Waals surface area contributed by atoms with E-state index in [0.717, 1.165) is 0 Å². The van der Waals surface area contributed by atoms with Crippen LogP contribution in [0.1, 0.15) is 0 Å². The predicted molar refractivity (Wildman–Crippen MR) is 78.0 cm³/mol. The summed E-state index contributed by atoms with van der Waals surface area (Å²) in [6, 6.07) is 5.25. The fraction of sp³-hybridized carbons (Fsp3) is 0.417. The zero-order chi connectivity index (χ0) is 14.9. The van der Waals surface area contributed by atoms with Gasteiger partial charge in [-0.2, -0.15) is 4.31 Å². The van der Waals surface area contributed by atoms with E-state index in [1.165, 1.54) is 8.71 Å². The second-order valence-electron chi connectivity index (χ2n) is 4.86. The molecule has 2 rings (SSSR count). The Morgan fingerprint density at radius 1 is 1.25 bits per heavy atom. The molecule has 2 aromatic rings. The Hall–Kier alpha value is -1.64. The lowest BCUT2D eigenvalue weighted by molar-refractivity contribution is 0.358. The molecule has 2 aromatic heterocycles. The van der Waals surface area contributed by atoms with Gasteiger partial charge in [-0.1, -0.05) is 6.07 Å². The van der Waals surface area contributed by atoms with E-state index >= 15 is 0 Å². The number of fused-ring (bicyclic) bond motifs is 1. The molecule has 20 heavy (non-hydrogen) atoms. The van der Waals surface area contributed by atoms with Crippen molar-refractivity contribution in [1.29, 1.82) is 0 Å². The van der Waals surface area contributed by atoms with Gasteiger partial charge in [0.15, 0.2) is 10.8 Å². The topological polar surface area (TPSA) is 83.9 Å². The molecule has 0 saturated heterocycles. The summed E-state index contributed by atoms with van der Waals surface area (Å²) < 4.78 is 28.0. The molecule has 110 valence electrons. The number of nitrogen functional groups attached to an aromatic ring is 1. The highest BCUT2D eigenvalue weighted by molar-refractivity contribution is 7.89. The summed E-state index contributed by atoms with van der Waals surface area (Å²) in [5.41, 5.74) is 6.30. The van der Waals surface area contributed by atoms with Crippen molar-refractivity contribution in [2.75, 3.05) is 40.0 Å². The summed E-state index contributed by atoms with van der Waals surface area (Å²) in [6.07, 6.45) is 1.64. The number of likely N-dealkylation sites (N-methyl/N-ethyl adjacent to an activating group) is 2. The molecule has 0 saturated carbocycles. The quantitative estimate of drug-likeness (QED) is 0.846. The highest BCUT2D eigenvalue weighted by Crippen LogP contribution is 2.22. The van der Waals surface area contributed by atoms with Crippen LogP contribution in [-0.4, -0.2) is 61.2 Å². The minimum absolute atomic E-state index is 0.0212. The molecule has 0 aliphatic carbocycles. The van der Waals surface area contributed by atoms with E-state index < -0.39 is 10.0 Å². The molecule has 2 N–H and O–H groups in total. The van der Waals surface area contributed by atoms with Crippen molar-refractivity contribution in [2.24, 2.45) is 0 Å². The van der Waals surface area contributed by atoms with E-state index in [0.29, 0.717) is 18.7 Å². The Bertz CT molecular complexity index is 708. The van der Waals surface area contributed by atoms with Gasteiger partial charge in [-0.3, -0.25) is 4.40 Å². The molecule has 0 aliphatic rings. The maximum absolute atomic E-state index is 12.6.